The number of carboxylic acids is 2. The minimum atomic E-state index is -1.31. The molecule has 1 heterocycles. The van der Waals surface area contributed by atoms with Gasteiger partial charge in [0.25, 0.3) is 0 Å². The summed E-state index contributed by atoms with van der Waals surface area (Å²) in [4.78, 5) is 25.2. The molecule has 6 heteroatoms. The Kier molecular flexibility index (Phi) is 4.04. The van der Waals surface area contributed by atoms with E-state index in [1.165, 1.54) is 10.9 Å². The van der Waals surface area contributed by atoms with Gasteiger partial charge in [-0.25, -0.2) is 14.6 Å². The highest BCUT2D eigenvalue weighted by Gasteiger charge is 2.22. The second kappa shape index (κ2) is 5.29. The average Bonchev–Trinajstić information content (AvgIpc) is 2.62. The molecule has 0 aromatic carbocycles. The Morgan fingerprint density at radius 3 is 2.50 bits per heavy atom. The summed E-state index contributed by atoms with van der Waals surface area (Å²) in [5, 5.41) is 17.7. The molecule has 16 heavy (non-hydrogen) atoms. The number of unbranched alkanes of at least 4 members (excludes halogenated alkanes) is 2. The predicted molar refractivity (Wildman–Crippen MR) is 55.7 cm³/mol. The molecule has 0 saturated carbocycles. The summed E-state index contributed by atoms with van der Waals surface area (Å²) in [6.07, 6.45) is 4.07. The molecule has 1 aromatic rings. The van der Waals surface area contributed by atoms with Crippen LogP contribution in [0.25, 0.3) is 0 Å². The number of hydrogen-bond acceptors (Lipinski definition) is 3. The fourth-order valence-corrected chi connectivity index (χ4v) is 1.46. The Balaban J connectivity index is 2.92. The van der Waals surface area contributed by atoms with Gasteiger partial charge in [-0.15, -0.1) is 0 Å². The first-order chi connectivity index (χ1) is 7.57. The first-order valence-electron chi connectivity index (χ1n) is 5.09. The summed E-state index contributed by atoms with van der Waals surface area (Å²) in [7, 11) is 0. The van der Waals surface area contributed by atoms with E-state index in [1.807, 2.05) is 6.92 Å². The molecule has 0 aliphatic rings. The van der Waals surface area contributed by atoms with Gasteiger partial charge in [0.15, 0.2) is 11.4 Å². The average molecular weight is 226 g/mol. The molecule has 2 N–H and O–H groups in total. The summed E-state index contributed by atoms with van der Waals surface area (Å²) in [6, 6.07) is 0. The van der Waals surface area contributed by atoms with E-state index in [-0.39, 0.29) is 5.69 Å². The third kappa shape index (κ3) is 2.59. The van der Waals surface area contributed by atoms with Crippen LogP contribution in [0.4, 0.5) is 0 Å². The van der Waals surface area contributed by atoms with Crippen molar-refractivity contribution in [3.8, 4) is 0 Å². The normalized spacial score (nSPS) is 10.3. The predicted octanol–water partition coefficient (Wildman–Crippen LogP) is 1.47. The monoisotopic (exact) mass is 226 g/mol. The maximum absolute atomic E-state index is 10.9. The van der Waals surface area contributed by atoms with Crippen molar-refractivity contribution < 1.29 is 19.8 Å². The first-order valence-corrected chi connectivity index (χ1v) is 5.09. The largest absolute Gasteiger partial charge is 0.476 e. The van der Waals surface area contributed by atoms with Crippen LogP contribution in [0, 0.1) is 0 Å². The van der Waals surface area contributed by atoms with Crippen LogP contribution in [0.2, 0.25) is 0 Å². The number of rotatable bonds is 6. The topological polar surface area (TPSA) is 92.4 Å². The molecule has 0 aliphatic heterocycles. The van der Waals surface area contributed by atoms with Crippen LogP contribution in [-0.4, -0.2) is 31.7 Å². The lowest BCUT2D eigenvalue weighted by atomic mass is 10.2. The van der Waals surface area contributed by atoms with E-state index in [2.05, 4.69) is 4.98 Å². The van der Waals surface area contributed by atoms with Gasteiger partial charge in [0.05, 0.1) is 6.33 Å². The van der Waals surface area contributed by atoms with Crippen molar-refractivity contribution in [3.63, 3.8) is 0 Å². The lowest BCUT2D eigenvalue weighted by molar-refractivity contribution is 0.0640. The zero-order valence-electron chi connectivity index (χ0n) is 9.01. The number of carbonyl (C=O) groups is 2. The van der Waals surface area contributed by atoms with E-state index < -0.39 is 17.6 Å². The van der Waals surface area contributed by atoms with Crippen molar-refractivity contribution in [2.24, 2.45) is 0 Å². The van der Waals surface area contributed by atoms with Crippen molar-refractivity contribution in [2.45, 2.75) is 32.7 Å². The van der Waals surface area contributed by atoms with Crippen LogP contribution in [0.5, 0.6) is 0 Å². The molecule has 0 atom stereocenters. The molecule has 0 saturated heterocycles. The molecule has 0 aliphatic carbocycles. The second-order valence-corrected chi connectivity index (χ2v) is 3.45. The number of imidazole rings is 1. The molecule has 0 unspecified atom stereocenters. The van der Waals surface area contributed by atoms with Crippen molar-refractivity contribution in [3.05, 3.63) is 17.7 Å². The third-order valence-corrected chi connectivity index (χ3v) is 2.25. The summed E-state index contributed by atoms with van der Waals surface area (Å²) in [5.74, 6) is -2.57. The summed E-state index contributed by atoms with van der Waals surface area (Å²) >= 11 is 0. The highest BCUT2D eigenvalue weighted by molar-refractivity contribution is 5.99. The number of aromatic nitrogens is 2. The summed E-state index contributed by atoms with van der Waals surface area (Å²) in [5.41, 5.74) is -0.646. The molecule has 0 bridgehead atoms. The zero-order valence-corrected chi connectivity index (χ0v) is 9.01. The van der Waals surface area contributed by atoms with E-state index in [4.69, 9.17) is 10.2 Å². The van der Waals surface area contributed by atoms with Gasteiger partial charge in [0, 0.05) is 6.54 Å². The minimum Gasteiger partial charge on any atom is -0.476 e. The second-order valence-electron chi connectivity index (χ2n) is 3.45. The van der Waals surface area contributed by atoms with Gasteiger partial charge in [0.1, 0.15) is 0 Å². The van der Waals surface area contributed by atoms with Gasteiger partial charge in [-0.3, -0.25) is 0 Å². The maximum Gasteiger partial charge on any atom is 0.357 e. The van der Waals surface area contributed by atoms with Crippen LogP contribution in [-0.2, 0) is 6.54 Å². The minimum absolute atomic E-state index is 0.247. The van der Waals surface area contributed by atoms with E-state index in [0.717, 1.165) is 19.3 Å². The Labute approximate surface area is 92.5 Å². The van der Waals surface area contributed by atoms with Crippen LogP contribution >= 0.6 is 0 Å². The Bertz CT molecular complexity index is 398. The fourth-order valence-electron chi connectivity index (χ4n) is 1.46. The molecule has 88 valence electrons. The van der Waals surface area contributed by atoms with Crippen LogP contribution in [0.15, 0.2) is 6.33 Å². The Morgan fingerprint density at radius 2 is 2.00 bits per heavy atom. The molecule has 1 aromatic heterocycles. The molecule has 0 spiro atoms. The smallest absolute Gasteiger partial charge is 0.357 e. The highest BCUT2D eigenvalue weighted by atomic mass is 16.4. The molecule has 0 fully saturated rings. The van der Waals surface area contributed by atoms with Crippen LogP contribution in [0.1, 0.15) is 47.2 Å². The summed E-state index contributed by atoms with van der Waals surface area (Å²) < 4.78 is 1.38. The number of hydrogen-bond donors (Lipinski definition) is 2. The Morgan fingerprint density at radius 1 is 1.31 bits per heavy atom. The fraction of sp³-hybridized carbons (Fsp3) is 0.500. The number of aryl methyl sites for hydroxylation is 1. The van der Waals surface area contributed by atoms with E-state index in [1.54, 1.807) is 0 Å². The van der Waals surface area contributed by atoms with Gasteiger partial charge in [-0.1, -0.05) is 19.8 Å². The van der Waals surface area contributed by atoms with Gasteiger partial charge in [-0.05, 0) is 6.42 Å². The van der Waals surface area contributed by atoms with Gasteiger partial charge in [-0.2, -0.15) is 0 Å². The van der Waals surface area contributed by atoms with Gasteiger partial charge in [0.2, 0.25) is 0 Å². The SMILES string of the molecule is CCCCCn1cnc(C(=O)O)c1C(=O)O. The van der Waals surface area contributed by atoms with E-state index in [0.29, 0.717) is 6.54 Å². The number of nitrogens with zero attached hydrogens (tertiary/aromatic N) is 2. The molecule has 0 amide bonds. The van der Waals surface area contributed by atoms with Crippen molar-refractivity contribution >= 4 is 11.9 Å². The standard InChI is InChI=1S/C10H14N2O4/c1-2-3-4-5-12-6-11-7(9(13)14)8(12)10(15)16/h6H,2-5H2,1H3,(H,13,14)(H,15,16). The van der Waals surface area contributed by atoms with E-state index >= 15 is 0 Å². The molecular weight excluding hydrogens is 212 g/mol. The van der Waals surface area contributed by atoms with Crippen molar-refractivity contribution in [1.29, 1.82) is 0 Å². The van der Waals surface area contributed by atoms with Crippen molar-refractivity contribution in [1.82, 2.24) is 9.55 Å². The highest BCUT2D eigenvalue weighted by Crippen LogP contribution is 2.10. The number of carboxylic acid groups (broad SMARTS) is 2. The van der Waals surface area contributed by atoms with E-state index in [9.17, 15) is 9.59 Å². The first kappa shape index (κ1) is 12.2. The lowest BCUT2D eigenvalue weighted by Crippen LogP contribution is -2.13. The zero-order chi connectivity index (χ0) is 12.1. The quantitative estimate of drug-likeness (QED) is 0.716. The van der Waals surface area contributed by atoms with Crippen molar-refractivity contribution in [2.75, 3.05) is 0 Å². The number of aromatic carboxylic acids is 2. The maximum atomic E-state index is 10.9. The Hall–Kier alpha value is -1.85. The van der Waals surface area contributed by atoms with Crippen LogP contribution in [0.3, 0.4) is 0 Å². The van der Waals surface area contributed by atoms with Crippen LogP contribution < -0.4 is 0 Å². The molecule has 0 radical (unpaired) electrons. The lowest BCUT2D eigenvalue weighted by Gasteiger charge is -2.04. The molecule has 6 nitrogen and oxygen atoms in total. The molecule has 1 rings (SSSR count). The molecular formula is C10H14N2O4. The summed E-state index contributed by atoms with van der Waals surface area (Å²) in [6.45, 7) is 2.52. The van der Waals surface area contributed by atoms with Gasteiger partial charge < -0.3 is 14.8 Å². The third-order valence-electron chi connectivity index (χ3n) is 2.25. The van der Waals surface area contributed by atoms with Gasteiger partial charge >= 0.3 is 11.9 Å².